The Morgan fingerprint density at radius 2 is 2.12 bits per heavy atom. The highest BCUT2D eigenvalue weighted by molar-refractivity contribution is 5.69. The Hall–Kier alpha value is -1.66. The number of aliphatic hydroxyl groups excluding tert-OH is 2. The monoisotopic (exact) mass is 244 g/mol. The predicted molar refractivity (Wildman–Crippen MR) is 55.7 cm³/mol. The Balaban J connectivity index is 2.85. The van der Waals surface area contributed by atoms with E-state index in [0.717, 1.165) is 13.2 Å². The van der Waals surface area contributed by atoms with E-state index in [1.165, 1.54) is 12.1 Å². The molecule has 0 amide bonds. The van der Waals surface area contributed by atoms with Gasteiger partial charge in [0.1, 0.15) is 6.10 Å². The zero-order valence-electron chi connectivity index (χ0n) is 9.13. The second-order valence-corrected chi connectivity index (χ2v) is 3.47. The zero-order chi connectivity index (χ0) is 13.0. The van der Waals surface area contributed by atoms with Gasteiger partial charge in [0.05, 0.1) is 19.6 Å². The summed E-state index contributed by atoms with van der Waals surface area (Å²) in [6, 6.07) is 3.64. The number of benzene rings is 1. The normalized spacial score (nSPS) is 14.1. The van der Waals surface area contributed by atoms with Crippen LogP contribution in [0.5, 0.6) is 5.75 Å². The van der Waals surface area contributed by atoms with E-state index in [1.807, 2.05) is 0 Å². The lowest BCUT2D eigenvalue weighted by atomic mass is 10.0. The summed E-state index contributed by atoms with van der Waals surface area (Å²) in [5.41, 5.74) is -0.276. The third-order valence-electron chi connectivity index (χ3n) is 2.29. The van der Waals surface area contributed by atoms with E-state index in [2.05, 4.69) is 4.74 Å². The van der Waals surface area contributed by atoms with E-state index in [9.17, 15) is 19.4 Å². The Labute approximate surface area is 97.1 Å². The molecule has 0 radical (unpaired) electrons. The van der Waals surface area contributed by atoms with Crippen molar-refractivity contribution in [3.05, 3.63) is 29.6 Å². The summed E-state index contributed by atoms with van der Waals surface area (Å²) >= 11 is 0. The molecular weight excluding hydrogens is 231 g/mol. The van der Waals surface area contributed by atoms with E-state index < -0.39 is 36.2 Å². The van der Waals surface area contributed by atoms with Gasteiger partial charge in [-0.25, -0.2) is 4.39 Å². The molecule has 0 aliphatic rings. The number of halogens is 1. The van der Waals surface area contributed by atoms with Gasteiger partial charge in [-0.15, -0.1) is 0 Å². The van der Waals surface area contributed by atoms with Gasteiger partial charge >= 0.3 is 5.97 Å². The largest absolute Gasteiger partial charge is 0.505 e. The number of rotatable bonds is 4. The SMILES string of the molecule is COC(=O)CC(O)C(O)c1cccc(O)c1F. The number of carbonyl (C=O) groups is 1. The molecule has 5 nitrogen and oxygen atoms in total. The summed E-state index contributed by atoms with van der Waals surface area (Å²) in [6.07, 6.45) is -3.58. The van der Waals surface area contributed by atoms with Crippen LogP contribution in [0.1, 0.15) is 18.1 Å². The number of ether oxygens (including phenoxy) is 1. The van der Waals surface area contributed by atoms with Gasteiger partial charge in [-0.05, 0) is 6.07 Å². The molecule has 2 atom stereocenters. The molecule has 0 aliphatic heterocycles. The highest BCUT2D eigenvalue weighted by Gasteiger charge is 2.25. The first-order chi connectivity index (χ1) is 7.97. The van der Waals surface area contributed by atoms with Gasteiger partial charge < -0.3 is 20.1 Å². The van der Waals surface area contributed by atoms with Crippen molar-refractivity contribution < 1.29 is 29.2 Å². The van der Waals surface area contributed by atoms with Crippen LogP contribution in [0.4, 0.5) is 4.39 Å². The second kappa shape index (κ2) is 5.60. The summed E-state index contributed by atoms with van der Waals surface area (Å²) in [4.78, 5) is 10.9. The van der Waals surface area contributed by atoms with Crippen LogP contribution >= 0.6 is 0 Å². The first kappa shape index (κ1) is 13.4. The molecule has 3 N–H and O–H groups in total. The lowest BCUT2D eigenvalue weighted by molar-refractivity contribution is -0.144. The smallest absolute Gasteiger partial charge is 0.308 e. The van der Waals surface area contributed by atoms with Crippen LogP contribution in [0.2, 0.25) is 0 Å². The van der Waals surface area contributed by atoms with Gasteiger partial charge in [0.25, 0.3) is 0 Å². The fourth-order valence-corrected chi connectivity index (χ4v) is 1.34. The van der Waals surface area contributed by atoms with Crippen molar-refractivity contribution in [2.45, 2.75) is 18.6 Å². The molecule has 0 heterocycles. The Morgan fingerprint density at radius 1 is 1.47 bits per heavy atom. The van der Waals surface area contributed by atoms with Crippen molar-refractivity contribution in [3.63, 3.8) is 0 Å². The number of esters is 1. The highest BCUT2D eigenvalue weighted by Crippen LogP contribution is 2.27. The molecule has 0 aromatic heterocycles. The fraction of sp³-hybridized carbons (Fsp3) is 0.364. The molecule has 0 bridgehead atoms. The van der Waals surface area contributed by atoms with Crippen molar-refractivity contribution in [3.8, 4) is 5.75 Å². The molecule has 1 aromatic carbocycles. The molecule has 0 saturated heterocycles. The summed E-state index contributed by atoms with van der Waals surface area (Å²) in [5.74, 6) is -2.38. The summed E-state index contributed by atoms with van der Waals surface area (Å²) in [7, 11) is 1.14. The number of aromatic hydroxyl groups is 1. The quantitative estimate of drug-likeness (QED) is 0.671. The van der Waals surface area contributed by atoms with E-state index >= 15 is 0 Å². The highest BCUT2D eigenvalue weighted by atomic mass is 19.1. The number of hydrogen-bond donors (Lipinski definition) is 3. The van der Waals surface area contributed by atoms with Gasteiger partial charge in [0.15, 0.2) is 11.6 Å². The van der Waals surface area contributed by atoms with E-state index in [-0.39, 0.29) is 5.56 Å². The van der Waals surface area contributed by atoms with Crippen LogP contribution in [-0.2, 0) is 9.53 Å². The van der Waals surface area contributed by atoms with Crippen LogP contribution in [0, 0.1) is 5.82 Å². The van der Waals surface area contributed by atoms with E-state index in [0.29, 0.717) is 0 Å². The average Bonchev–Trinajstić information content (AvgIpc) is 2.31. The van der Waals surface area contributed by atoms with E-state index in [1.54, 1.807) is 0 Å². The van der Waals surface area contributed by atoms with Crippen molar-refractivity contribution in [2.75, 3.05) is 7.11 Å². The zero-order valence-corrected chi connectivity index (χ0v) is 9.13. The summed E-state index contributed by atoms with van der Waals surface area (Å²) in [6.45, 7) is 0. The molecule has 1 aromatic rings. The molecule has 1 rings (SSSR count). The van der Waals surface area contributed by atoms with Gasteiger partial charge in [-0.2, -0.15) is 0 Å². The third-order valence-corrected chi connectivity index (χ3v) is 2.29. The van der Waals surface area contributed by atoms with Crippen molar-refractivity contribution in [1.82, 2.24) is 0 Å². The number of phenols is 1. The summed E-state index contributed by atoms with van der Waals surface area (Å²) in [5, 5.41) is 28.2. The van der Waals surface area contributed by atoms with Crippen LogP contribution in [0.15, 0.2) is 18.2 Å². The van der Waals surface area contributed by atoms with Crippen LogP contribution in [0.25, 0.3) is 0 Å². The topological polar surface area (TPSA) is 87.0 Å². The van der Waals surface area contributed by atoms with Crippen molar-refractivity contribution in [1.29, 1.82) is 0 Å². The van der Waals surface area contributed by atoms with Gasteiger partial charge in [0, 0.05) is 5.56 Å². The second-order valence-electron chi connectivity index (χ2n) is 3.47. The first-order valence-electron chi connectivity index (χ1n) is 4.87. The summed E-state index contributed by atoms with van der Waals surface area (Å²) < 4.78 is 17.7. The lowest BCUT2D eigenvalue weighted by Gasteiger charge is -2.17. The minimum atomic E-state index is -1.61. The number of carbonyl (C=O) groups excluding carboxylic acids is 1. The maximum Gasteiger partial charge on any atom is 0.308 e. The fourth-order valence-electron chi connectivity index (χ4n) is 1.34. The maximum absolute atomic E-state index is 13.4. The predicted octanol–water partition coefficient (Wildman–Crippen LogP) is 0.489. The van der Waals surface area contributed by atoms with Gasteiger partial charge in [-0.3, -0.25) is 4.79 Å². The average molecular weight is 244 g/mol. The maximum atomic E-state index is 13.4. The minimum Gasteiger partial charge on any atom is -0.505 e. The van der Waals surface area contributed by atoms with Gasteiger partial charge in [0.2, 0.25) is 0 Å². The molecule has 0 saturated carbocycles. The standard InChI is InChI=1S/C11H13FO5/c1-17-9(15)5-8(14)11(16)6-3-2-4-7(13)10(6)12/h2-4,8,11,13-14,16H,5H2,1H3. The van der Waals surface area contributed by atoms with Crippen molar-refractivity contribution >= 4 is 5.97 Å². The Bertz CT molecular complexity index is 407. The van der Waals surface area contributed by atoms with Crippen LogP contribution in [0.3, 0.4) is 0 Å². The van der Waals surface area contributed by atoms with Gasteiger partial charge in [-0.1, -0.05) is 12.1 Å². The molecular formula is C11H13FO5. The lowest BCUT2D eigenvalue weighted by Crippen LogP contribution is -2.23. The molecule has 17 heavy (non-hydrogen) atoms. The molecule has 0 spiro atoms. The third kappa shape index (κ3) is 3.15. The van der Waals surface area contributed by atoms with Crippen molar-refractivity contribution in [2.24, 2.45) is 0 Å². The number of aliphatic hydroxyl groups is 2. The van der Waals surface area contributed by atoms with E-state index in [4.69, 9.17) is 5.11 Å². The molecule has 6 heteroatoms. The van der Waals surface area contributed by atoms with Crippen LogP contribution in [-0.4, -0.2) is 34.5 Å². The minimum absolute atomic E-state index is 0.276. The number of hydrogen-bond acceptors (Lipinski definition) is 5. The molecule has 2 unspecified atom stereocenters. The molecule has 0 fully saturated rings. The number of methoxy groups -OCH3 is 1. The Kier molecular flexibility index (Phi) is 4.42. The molecule has 94 valence electrons. The Morgan fingerprint density at radius 3 is 2.71 bits per heavy atom. The molecule has 0 aliphatic carbocycles. The number of phenolic OH excluding ortho intramolecular Hbond substituents is 1. The first-order valence-corrected chi connectivity index (χ1v) is 4.87. The van der Waals surface area contributed by atoms with Crippen LogP contribution < -0.4 is 0 Å².